The molecule has 0 bridgehead atoms. The molecule has 0 saturated heterocycles. The third-order valence-electron chi connectivity index (χ3n) is 6.13. The normalized spacial score (nSPS) is 24.8. The molecule has 0 aromatic heterocycles. The molecule has 0 spiro atoms. The van der Waals surface area contributed by atoms with Gasteiger partial charge in [0.05, 0.1) is 25.9 Å². The fraction of sp³-hybridized carbons (Fsp3) is 0.560. The van der Waals surface area contributed by atoms with Gasteiger partial charge in [-0.2, -0.15) is 0 Å². The second-order valence-electron chi connectivity index (χ2n) is 7.99. The molecule has 0 heterocycles. The molecule has 1 aromatic rings. The van der Waals surface area contributed by atoms with Crippen LogP contribution in [0.4, 0.5) is 0 Å². The fourth-order valence-corrected chi connectivity index (χ4v) is 4.58. The van der Waals surface area contributed by atoms with Crippen molar-refractivity contribution < 1.29 is 23.7 Å². The van der Waals surface area contributed by atoms with E-state index < -0.39 is 5.60 Å². The second kappa shape index (κ2) is 13.0. The summed E-state index contributed by atoms with van der Waals surface area (Å²) < 4.78 is 22.7. The van der Waals surface area contributed by atoms with Crippen LogP contribution in [-0.4, -0.2) is 45.4 Å². The van der Waals surface area contributed by atoms with Crippen molar-refractivity contribution in [3.05, 3.63) is 53.6 Å². The molecular formula is C25H35ClO5. The number of carbonyl (C=O) groups is 1. The summed E-state index contributed by atoms with van der Waals surface area (Å²) in [6, 6.07) is 7.82. The van der Waals surface area contributed by atoms with Crippen LogP contribution < -0.4 is 4.74 Å². The van der Waals surface area contributed by atoms with Crippen LogP contribution in [0, 0.1) is 11.8 Å². The van der Waals surface area contributed by atoms with Crippen molar-refractivity contribution >= 4 is 17.9 Å². The molecule has 172 valence electrons. The Morgan fingerprint density at radius 3 is 2.61 bits per heavy atom. The van der Waals surface area contributed by atoms with E-state index in [4.69, 9.17) is 30.5 Å². The Morgan fingerprint density at radius 2 is 2.00 bits per heavy atom. The van der Waals surface area contributed by atoms with E-state index in [1.807, 2.05) is 24.3 Å². The highest BCUT2D eigenvalue weighted by atomic mass is 35.5. The lowest BCUT2D eigenvalue weighted by Crippen LogP contribution is -2.48. The summed E-state index contributed by atoms with van der Waals surface area (Å²) >= 11 is 6.16. The fourth-order valence-electron chi connectivity index (χ4n) is 4.39. The van der Waals surface area contributed by atoms with Crippen molar-refractivity contribution in [1.82, 2.24) is 0 Å². The quantitative estimate of drug-likeness (QED) is 0.134. The van der Waals surface area contributed by atoms with Gasteiger partial charge >= 0.3 is 0 Å². The molecule has 1 aliphatic rings. The van der Waals surface area contributed by atoms with E-state index in [9.17, 15) is 4.79 Å². The van der Waals surface area contributed by atoms with E-state index in [1.165, 1.54) is 0 Å². The molecule has 0 N–H and O–H groups in total. The minimum Gasteiger partial charge on any atom is -0.497 e. The zero-order valence-electron chi connectivity index (χ0n) is 18.9. The maximum Gasteiger partial charge on any atom is 0.147 e. The largest absolute Gasteiger partial charge is 0.497 e. The van der Waals surface area contributed by atoms with E-state index in [0.717, 1.165) is 41.6 Å². The molecule has 1 fully saturated rings. The molecule has 0 amide bonds. The third-order valence-corrected chi connectivity index (χ3v) is 6.47. The Labute approximate surface area is 191 Å². The second-order valence-corrected chi connectivity index (χ2v) is 8.26. The standard InChI is InChI=1S/C25H35ClO5/c1-19(16-26)23-11-6-20(2)25(13-5-14-27,31-18-28-3)24(23)12-15-30-17-21-7-9-22(29-4)10-8-21/h7-10,12,14,20,23H,1,5-6,11,13,15-18H2,2-4H3/b24-12+/t20?,23-,25+/m0/s1. The van der Waals surface area contributed by atoms with Gasteiger partial charge in [0.15, 0.2) is 0 Å². The Kier molecular flexibility index (Phi) is 10.7. The molecule has 6 heteroatoms. The zero-order chi connectivity index (χ0) is 22.7. The topological polar surface area (TPSA) is 54.0 Å². The van der Waals surface area contributed by atoms with Gasteiger partial charge in [-0.05, 0) is 48.4 Å². The summed E-state index contributed by atoms with van der Waals surface area (Å²) in [6.45, 7) is 7.46. The maximum absolute atomic E-state index is 11.2. The van der Waals surface area contributed by atoms with E-state index >= 15 is 0 Å². The van der Waals surface area contributed by atoms with E-state index in [0.29, 0.717) is 31.9 Å². The Bertz CT molecular complexity index is 730. The van der Waals surface area contributed by atoms with Gasteiger partial charge < -0.3 is 23.7 Å². The van der Waals surface area contributed by atoms with Crippen LogP contribution in [0.15, 0.2) is 48.1 Å². The van der Waals surface area contributed by atoms with Gasteiger partial charge in [-0.25, -0.2) is 0 Å². The van der Waals surface area contributed by atoms with Crippen molar-refractivity contribution in [3.8, 4) is 5.75 Å². The summed E-state index contributed by atoms with van der Waals surface area (Å²) in [4.78, 5) is 11.2. The lowest BCUT2D eigenvalue weighted by molar-refractivity contribution is -0.151. The van der Waals surface area contributed by atoms with Crippen LogP contribution in [0.2, 0.25) is 0 Å². The van der Waals surface area contributed by atoms with Crippen molar-refractivity contribution in [1.29, 1.82) is 0 Å². The van der Waals surface area contributed by atoms with Crippen LogP contribution in [0.1, 0.15) is 38.2 Å². The highest BCUT2D eigenvalue weighted by Gasteiger charge is 2.47. The summed E-state index contributed by atoms with van der Waals surface area (Å²) in [6.07, 6.45) is 5.98. The molecule has 31 heavy (non-hydrogen) atoms. The minimum absolute atomic E-state index is 0.0989. The van der Waals surface area contributed by atoms with E-state index in [2.05, 4.69) is 19.6 Å². The highest BCUT2D eigenvalue weighted by Crippen LogP contribution is 2.48. The summed E-state index contributed by atoms with van der Waals surface area (Å²) in [5, 5.41) is 0. The predicted molar refractivity (Wildman–Crippen MR) is 123 cm³/mol. The SMILES string of the molecule is C=C(CCl)[C@@H]1CCC(C)[C@@](CCC=O)(OCOC)/C1=C/COCc1ccc(OC)cc1. The van der Waals surface area contributed by atoms with Crippen molar-refractivity contribution in [2.24, 2.45) is 11.8 Å². The van der Waals surface area contributed by atoms with Gasteiger partial charge in [-0.3, -0.25) is 0 Å². The molecule has 0 aliphatic heterocycles. The van der Waals surface area contributed by atoms with Gasteiger partial charge in [0.25, 0.3) is 0 Å². The number of benzene rings is 1. The zero-order valence-corrected chi connectivity index (χ0v) is 19.7. The number of rotatable bonds is 13. The molecule has 1 unspecified atom stereocenters. The summed E-state index contributed by atoms with van der Waals surface area (Å²) in [5.74, 6) is 1.54. The first-order valence-electron chi connectivity index (χ1n) is 10.7. The lowest BCUT2D eigenvalue weighted by Gasteiger charge is -2.48. The van der Waals surface area contributed by atoms with E-state index in [-0.39, 0.29) is 18.6 Å². The molecule has 5 nitrogen and oxygen atoms in total. The molecule has 1 aliphatic carbocycles. The van der Waals surface area contributed by atoms with Gasteiger partial charge in [0, 0.05) is 25.3 Å². The van der Waals surface area contributed by atoms with Gasteiger partial charge in [-0.15, -0.1) is 11.6 Å². The van der Waals surface area contributed by atoms with Crippen LogP contribution in [0.5, 0.6) is 5.75 Å². The van der Waals surface area contributed by atoms with E-state index in [1.54, 1.807) is 14.2 Å². The van der Waals surface area contributed by atoms with Crippen molar-refractivity contribution in [2.45, 2.75) is 44.8 Å². The first-order chi connectivity index (χ1) is 15.0. The Morgan fingerprint density at radius 1 is 1.26 bits per heavy atom. The summed E-state index contributed by atoms with van der Waals surface area (Å²) in [5.41, 5.74) is 2.54. The number of alkyl halides is 1. The number of allylic oxidation sites excluding steroid dienone is 1. The molecule has 0 radical (unpaired) electrons. The molecular weight excluding hydrogens is 416 g/mol. The molecule has 2 rings (SSSR count). The number of carbonyl (C=O) groups excluding carboxylic acids is 1. The Hall–Kier alpha value is -1.66. The monoisotopic (exact) mass is 450 g/mol. The molecule has 1 saturated carbocycles. The van der Waals surface area contributed by atoms with Crippen LogP contribution in [0.25, 0.3) is 0 Å². The average molecular weight is 451 g/mol. The number of ether oxygens (including phenoxy) is 4. The highest BCUT2D eigenvalue weighted by molar-refractivity contribution is 6.19. The number of methoxy groups -OCH3 is 2. The minimum atomic E-state index is -0.599. The van der Waals surface area contributed by atoms with Gasteiger partial charge in [0.1, 0.15) is 18.8 Å². The molecule has 3 atom stereocenters. The average Bonchev–Trinajstić information content (AvgIpc) is 2.80. The number of hydrogen-bond acceptors (Lipinski definition) is 5. The van der Waals surface area contributed by atoms with Crippen molar-refractivity contribution in [3.63, 3.8) is 0 Å². The number of aldehydes is 1. The number of hydrogen-bond donors (Lipinski definition) is 0. The first kappa shape index (κ1) is 25.6. The predicted octanol–water partition coefficient (Wildman–Crippen LogP) is 5.32. The van der Waals surface area contributed by atoms with Crippen LogP contribution >= 0.6 is 11.6 Å². The van der Waals surface area contributed by atoms with Gasteiger partial charge in [0.2, 0.25) is 0 Å². The maximum atomic E-state index is 11.2. The lowest BCUT2D eigenvalue weighted by atomic mass is 9.64. The van der Waals surface area contributed by atoms with Gasteiger partial charge in [-0.1, -0.05) is 37.3 Å². The first-order valence-corrected chi connectivity index (χ1v) is 11.3. The van der Waals surface area contributed by atoms with Crippen LogP contribution in [-0.2, 0) is 25.6 Å². The van der Waals surface area contributed by atoms with Crippen LogP contribution in [0.3, 0.4) is 0 Å². The number of halogens is 1. The molecule has 1 aromatic carbocycles. The Balaban J connectivity index is 2.24. The summed E-state index contributed by atoms with van der Waals surface area (Å²) in [7, 11) is 3.26. The third kappa shape index (κ3) is 6.66. The smallest absolute Gasteiger partial charge is 0.147 e. The van der Waals surface area contributed by atoms with Crippen molar-refractivity contribution in [2.75, 3.05) is 33.5 Å².